The summed E-state index contributed by atoms with van der Waals surface area (Å²) in [5.74, 6) is 0. The number of para-hydroxylation sites is 1. The summed E-state index contributed by atoms with van der Waals surface area (Å²) in [6.45, 7) is 0. The summed E-state index contributed by atoms with van der Waals surface area (Å²) in [5.41, 5.74) is 4.21. The van der Waals surface area contributed by atoms with Crippen LogP contribution in [0.2, 0.25) is 0 Å². The van der Waals surface area contributed by atoms with E-state index in [4.69, 9.17) is 0 Å². The third-order valence-corrected chi connectivity index (χ3v) is 4.10. The van der Waals surface area contributed by atoms with Gasteiger partial charge in [0.2, 0.25) is 6.33 Å². The first-order valence-corrected chi connectivity index (χ1v) is 7.81. The molecule has 0 unspecified atom stereocenters. The van der Waals surface area contributed by atoms with E-state index in [2.05, 4.69) is 66.7 Å². The molecule has 0 radical (unpaired) electrons. The van der Waals surface area contributed by atoms with Crippen molar-refractivity contribution in [3.63, 3.8) is 0 Å². The van der Waals surface area contributed by atoms with Crippen LogP contribution in [-0.2, 0) is 0 Å². The molecule has 0 atom stereocenters. The van der Waals surface area contributed by atoms with Gasteiger partial charge in [-0.25, -0.2) is 4.57 Å². The Kier molecular flexibility index (Phi) is 4.59. The second kappa shape index (κ2) is 6.64. The minimum Gasteiger partial charge on any atom is -1.00 e. The molecule has 2 aromatic carbocycles. The molecule has 0 aliphatic rings. The molecule has 4 rings (SSSR count). The van der Waals surface area contributed by atoms with Crippen molar-refractivity contribution >= 4 is 27.1 Å². The SMILES string of the molecule is Brc1cccc(-n2c[n+](-c3ccccc3)c3ncccc32)c1.[Br-]. The Labute approximate surface area is 153 Å². The van der Waals surface area contributed by atoms with Gasteiger partial charge in [0.1, 0.15) is 17.6 Å². The summed E-state index contributed by atoms with van der Waals surface area (Å²) in [6.07, 6.45) is 3.90. The average molecular weight is 431 g/mol. The zero-order valence-electron chi connectivity index (χ0n) is 12.1. The molecule has 0 aliphatic heterocycles. The van der Waals surface area contributed by atoms with Crippen molar-refractivity contribution < 1.29 is 21.5 Å². The predicted octanol–water partition coefficient (Wildman–Crippen LogP) is 1.07. The molecular weight excluding hydrogens is 418 g/mol. The molecule has 5 heteroatoms. The molecule has 0 N–H and O–H groups in total. The molecule has 4 aromatic rings. The summed E-state index contributed by atoms with van der Waals surface area (Å²) >= 11 is 3.54. The fourth-order valence-electron chi connectivity index (χ4n) is 2.60. The molecular formula is C18H13Br2N3. The van der Waals surface area contributed by atoms with Gasteiger partial charge < -0.3 is 17.0 Å². The Bertz CT molecular complexity index is 949. The zero-order valence-corrected chi connectivity index (χ0v) is 15.3. The van der Waals surface area contributed by atoms with E-state index >= 15 is 0 Å². The van der Waals surface area contributed by atoms with Crippen LogP contribution in [-0.4, -0.2) is 9.55 Å². The molecule has 23 heavy (non-hydrogen) atoms. The number of pyridine rings is 1. The molecule has 0 saturated heterocycles. The van der Waals surface area contributed by atoms with Crippen LogP contribution in [0.25, 0.3) is 22.5 Å². The average Bonchev–Trinajstić information content (AvgIpc) is 2.95. The van der Waals surface area contributed by atoms with Crippen LogP contribution in [0, 0.1) is 0 Å². The second-order valence-electron chi connectivity index (χ2n) is 5.02. The van der Waals surface area contributed by atoms with Crippen LogP contribution in [0.3, 0.4) is 0 Å². The highest BCUT2D eigenvalue weighted by molar-refractivity contribution is 9.10. The van der Waals surface area contributed by atoms with Crippen molar-refractivity contribution in [1.82, 2.24) is 9.55 Å². The molecule has 2 heterocycles. The number of hydrogen-bond donors (Lipinski definition) is 0. The second-order valence-corrected chi connectivity index (χ2v) is 5.93. The molecule has 2 aromatic heterocycles. The fourth-order valence-corrected chi connectivity index (χ4v) is 2.99. The predicted molar refractivity (Wildman–Crippen MR) is 90.3 cm³/mol. The molecule has 0 aliphatic carbocycles. The van der Waals surface area contributed by atoms with Crippen molar-refractivity contribution in [1.29, 1.82) is 0 Å². The maximum atomic E-state index is 4.56. The summed E-state index contributed by atoms with van der Waals surface area (Å²) < 4.78 is 5.32. The summed E-state index contributed by atoms with van der Waals surface area (Å²) in [6, 6.07) is 22.6. The lowest BCUT2D eigenvalue weighted by Gasteiger charge is -1.99. The van der Waals surface area contributed by atoms with Crippen molar-refractivity contribution in [3.05, 3.63) is 83.7 Å². The van der Waals surface area contributed by atoms with Crippen molar-refractivity contribution in [2.75, 3.05) is 0 Å². The van der Waals surface area contributed by atoms with Gasteiger partial charge in [-0.05, 0) is 42.5 Å². The van der Waals surface area contributed by atoms with E-state index < -0.39 is 0 Å². The van der Waals surface area contributed by atoms with Gasteiger partial charge in [0, 0.05) is 4.47 Å². The number of fused-ring (bicyclic) bond motifs is 1. The third-order valence-electron chi connectivity index (χ3n) is 3.61. The van der Waals surface area contributed by atoms with Crippen molar-refractivity contribution in [2.24, 2.45) is 0 Å². The molecule has 3 nitrogen and oxygen atoms in total. The van der Waals surface area contributed by atoms with Crippen molar-refractivity contribution in [2.45, 2.75) is 0 Å². The largest absolute Gasteiger partial charge is 1.00 e. The highest BCUT2D eigenvalue weighted by Crippen LogP contribution is 2.20. The molecule has 114 valence electrons. The lowest BCUT2D eigenvalue weighted by Crippen LogP contribution is -3.00. The van der Waals surface area contributed by atoms with E-state index in [1.807, 2.05) is 42.6 Å². The van der Waals surface area contributed by atoms with Gasteiger partial charge in [0.25, 0.3) is 0 Å². The highest BCUT2D eigenvalue weighted by atomic mass is 79.9. The van der Waals surface area contributed by atoms with E-state index in [1.54, 1.807) is 0 Å². The third kappa shape index (κ3) is 2.94. The van der Waals surface area contributed by atoms with E-state index in [-0.39, 0.29) is 17.0 Å². The van der Waals surface area contributed by atoms with Gasteiger partial charge in [-0.3, -0.25) is 0 Å². The monoisotopic (exact) mass is 429 g/mol. The number of rotatable bonds is 2. The summed E-state index contributed by atoms with van der Waals surface area (Å²) in [4.78, 5) is 4.56. The van der Waals surface area contributed by atoms with Crippen LogP contribution in [0.5, 0.6) is 0 Å². The van der Waals surface area contributed by atoms with Gasteiger partial charge in [-0.1, -0.05) is 40.2 Å². The first-order chi connectivity index (χ1) is 10.8. The molecule has 0 saturated carbocycles. The molecule has 0 amide bonds. The topological polar surface area (TPSA) is 21.7 Å². The zero-order chi connectivity index (χ0) is 14.9. The van der Waals surface area contributed by atoms with Crippen LogP contribution in [0.15, 0.2) is 83.7 Å². The lowest BCUT2D eigenvalue weighted by molar-refractivity contribution is -0.570. The van der Waals surface area contributed by atoms with Gasteiger partial charge in [0.05, 0.1) is 0 Å². The number of hydrogen-bond acceptors (Lipinski definition) is 1. The minimum absolute atomic E-state index is 0. The number of aromatic nitrogens is 3. The van der Waals surface area contributed by atoms with Crippen LogP contribution < -0.4 is 21.5 Å². The van der Waals surface area contributed by atoms with Crippen LogP contribution in [0.1, 0.15) is 0 Å². The first kappa shape index (κ1) is 15.9. The Morgan fingerprint density at radius 2 is 1.74 bits per heavy atom. The standard InChI is InChI=1S/C18H13BrN3.BrH/c19-14-6-4-9-16(12-14)21-13-22(15-7-2-1-3-8-15)18-17(21)10-5-11-20-18;/h1-13H;1H/q+1;/p-1. The number of imidazole rings is 1. The molecule has 0 fully saturated rings. The Morgan fingerprint density at radius 1 is 0.913 bits per heavy atom. The van der Waals surface area contributed by atoms with E-state index in [1.165, 1.54) is 0 Å². The van der Waals surface area contributed by atoms with E-state index in [9.17, 15) is 0 Å². The maximum Gasteiger partial charge on any atom is 0.307 e. The Balaban J connectivity index is 0.00000156. The Hall–Kier alpha value is -1.98. The first-order valence-electron chi connectivity index (χ1n) is 7.02. The summed E-state index contributed by atoms with van der Waals surface area (Å²) in [5, 5.41) is 0. The maximum absolute atomic E-state index is 4.56. The van der Waals surface area contributed by atoms with E-state index in [0.29, 0.717) is 0 Å². The van der Waals surface area contributed by atoms with Gasteiger partial charge >= 0.3 is 5.65 Å². The highest BCUT2D eigenvalue weighted by Gasteiger charge is 2.18. The summed E-state index contributed by atoms with van der Waals surface area (Å²) in [7, 11) is 0. The van der Waals surface area contributed by atoms with Gasteiger partial charge in [0.15, 0.2) is 5.52 Å². The van der Waals surface area contributed by atoms with Gasteiger partial charge in [-0.2, -0.15) is 4.57 Å². The smallest absolute Gasteiger partial charge is 0.307 e. The molecule has 0 bridgehead atoms. The van der Waals surface area contributed by atoms with Gasteiger partial charge in [-0.15, -0.1) is 4.98 Å². The van der Waals surface area contributed by atoms with Crippen molar-refractivity contribution in [3.8, 4) is 11.4 Å². The molecule has 0 spiro atoms. The van der Waals surface area contributed by atoms with Crippen LogP contribution >= 0.6 is 15.9 Å². The Morgan fingerprint density at radius 3 is 2.52 bits per heavy atom. The minimum atomic E-state index is 0. The van der Waals surface area contributed by atoms with Crippen LogP contribution in [0.4, 0.5) is 0 Å². The number of benzene rings is 2. The quantitative estimate of drug-likeness (QED) is 0.436. The number of nitrogens with zero attached hydrogens (tertiary/aromatic N) is 3. The lowest BCUT2D eigenvalue weighted by atomic mass is 10.3. The van der Waals surface area contributed by atoms with E-state index in [0.717, 1.165) is 27.0 Å². The normalized spacial score (nSPS) is 10.5. The number of halogens is 2. The fraction of sp³-hybridized carbons (Fsp3) is 0.